The Kier molecular flexibility index (Phi) is 10.7. The van der Waals surface area contributed by atoms with E-state index in [-0.39, 0.29) is 17.9 Å². The maximum atomic E-state index is 15.6. The van der Waals surface area contributed by atoms with Crippen LogP contribution in [0.15, 0.2) is 59.2 Å². The van der Waals surface area contributed by atoms with Gasteiger partial charge in [-0.3, -0.25) is 19.4 Å². The number of hydrogen-bond acceptors (Lipinski definition) is 13. The number of piperidine rings is 1. The van der Waals surface area contributed by atoms with Gasteiger partial charge in [0.15, 0.2) is 13.4 Å². The zero-order valence-corrected chi connectivity index (χ0v) is 38.7. The van der Waals surface area contributed by atoms with Crippen LogP contribution in [0.2, 0.25) is 0 Å². The van der Waals surface area contributed by atoms with Crippen LogP contribution in [0.25, 0.3) is 5.57 Å². The van der Waals surface area contributed by atoms with Gasteiger partial charge in [0.05, 0.1) is 37.4 Å². The van der Waals surface area contributed by atoms with Crippen LogP contribution in [0.3, 0.4) is 0 Å². The summed E-state index contributed by atoms with van der Waals surface area (Å²) in [5.74, 6) is -2.43. The fourth-order valence-electron chi connectivity index (χ4n) is 15.3. The quantitative estimate of drug-likeness (QED) is 0.171. The van der Waals surface area contributed by atoms with Gasteiger partial charge in [0.1, 0.15) is 0 Å². The van der Waals surface area contributed by atoms with E-state index < -0.39 is 63.6 Å². The van der Waals surface area contributed by atoms with E-state index >= 15 is 4.79 Å². The second-order valence-electron chi connectivity index (χ2n) is 20.5. The number of nitrogens with zero attached hydrogens (tertiary/aromatic N) is 4. The number of carbonyl (C=O) groups excluding carboxylic acids is 3. The number of rotatable bonds is 8. The molecule has 0 amide bonds. The Hall–Kier alpha value is -3.95. The molecule has 2 N–H and O–H groups in total. The van der Waals surface area contributed by atoms with Gasteiger partial charge in [-0.1, -0.05) is 49.1 Å². The Morgan fingerprint density at radius 1 is 0.938 bits per heavy atom. The summed E-state index contributed by atoms with van der Waals surface area (Å²) in [6.07, 6.45) is 12.3. The smallest absolute Gasteiger partial charge is 0.344 e. The van der Waals surface area contributed by atoms with Crippen molar-refractivity contribution in [3.8, 4) is 0 Å². The van der Waals surface area contributed by atoms with Crippen LogP contribution < -0.4 is 10.4 Å². The summed E-state index contributed by atoms with van der Waals surface area (Å²) in [7, 11) is 8.59. The number of likely N-dealkylation sites (N-methyl/N-ethyl adjacent to an activating group) is 1. The average Bonchev–Trinajstić information content (AvgIpc) is 4.10. The molecule has 7 aliphatic heterocycles. The molecular formula is C50H66BN4O9. The molecule has 7 heterocycles. The molecule has 12 atom stereocenters. The van der Waals surface area contributed by atoms with Crippen LogP contribution in [0.5, 0.6) is 0 Å². The molecule has 5 fully saturated rings. The second-order valence-corrected chi connectivity index (χ2v) is 20.5. The highest BCUT2D eigenvalue weighted by atomic mass is 16.6. The monoisotopic (exact) mass is 877 g/mol. The maximum Gasteiger partial charge on any atom is 0.344 e. The van der Waals surface area contributed by atoms with Gasteiger partial charge in [-0.05, 0) is 98.7 Å². The Labute approximate surface area is 378 Å². The molecule has 4 saturated heterocycles. The van der Waals surface area contributed by atoms with Gasteiger partial charge in [-0.15, -0.1) is 0 Å². The SMILES string of the molecule is CC[C@]1(O)C[C@H]2CN(CCC3=C([B]c4ccc(N5CCCC5)cc43)[C@@](C(=O)OC)(C3C=C4C(=CC3OC)N(C)[C@H]3[C@@](O)(C(=O)OC)[C@H](OC(C)=O)[C@]5(CC)C=CCN6CC[C@]43[C@@H]65)C2)C1. The van der Waals surface area contributed by atoms with Gasteiger partial charge in [-0.2, -0.15) is 0 Å². The minimum atomic E-state index is -2.28. The zero-order valence-electron chi connectivity index (χ0n) is 38.7. The Balaban J connectivity index is 1.22. The molecule has 1 aromatic carbocycles. The molecule has 1 spiro atoms. The van der Waals surface area contributed by atoms with Crippen molar-refractivity contribution in [3.05, 3.63) is 64.8 Å². The summed E-state index contributed by atoms with van der Waals surface area (Å²) in [5.41, 5.74) is 0.961. The lowest BCUT2D eigenvalue weighted by Gasteiger charge is -2.63. The van der Waals surface area contributed by atoms with E-state index in [1.165, 1.54) is 26.8 Å². The molecule has 1 aromatic rings. The lowest BCUT2D eigenvalue weighted by molar-refractivity contribution is -0.243. The lowest BCUT2D eigenvalue weighted by Crippen LogP contribution is -2.79. The van der Waals surface area contributed by atoms with E-state index in [4.69, 9.17) is 18.9 Å². The van der Waals surface area contributed by atoms with Gasteiger partial charge in [-0.25, -0.2) is 4.79 Å². The van der Waals surface area contributed by atoms with Gasteiger partial charge >= 0.3 is 17.9 Å². The summed E-state index contributed by atoms with van der Waals surface area (Å²) < 4.78 is 24.4. The van der Waals surface area contributed by atoms with Crippen molar-refractivity contribution >= 4 is 41.9 Å². The van der Waals surface area contributed by atoms with Crippen molar-refractivity contribution in [3.63, 3.8) is 0 Å². The molecule has 1 radical (unpaired) electrons. The van der Waals surface area contributed by atoms with Gasteiger partial charge in [0.25, 0.3) is 0 Å². The largest absolute Gasteiger partial charge is 0.468 e. The van der Waals surface area contributed by atoms with Crippen molar-refractivity contribution < 1.29 is 43.5 Å². The highest BCUT2D eigenvalue weighted by Gasteiger charge is 2.81. The van der Waals surface area contributed by atoms with Crippen molar-refractivity contribution in [1.29, 1.82) is 0 Å². The number of benzene rings is 1. The molecule has 343 valence electrons. The van der Waals surface area contributed by atoms with Gasteiger partial charge in [0, 0.05) is 94.5 Å². The number of carbonyl (C=O) groups is 3. The zero-order chi connectivity index (χ0) is 45.1. The topological polar surface area (TPSA) is 142 Å². The van der Waals surface area contributed by atoms with Gasteiger partial charge < -0.3 is 39.0 Å². The summed E-state index contributed by atoms with van der Waals surface area (Å²) in [6, 6.07) is 5.58. The van der Waals surface area contributed by atoms with Crippen LogP contribution in [0, 0.1) is 28.1 Å². The number of esters is 3. The predicted octanol–water partition coefficient (Wildman–Crippen LogP) is 3.40. The normalized spacial score (nSPS) is 40.7. The van der Waals surface area contributed by atoms with E-state index in [2.05, 4.69) is 71.4 Å². The minimum absolute atomic E-state index is 0.0536. The van der Waals surface area contributed by atoms with Crippen molar-refractivity contribution in [1.82, 2.24) is 14.7 Å². The van der Waals surface area contributed by atoms with E-state index in [0.717, 1.165) is 72.4 Å². The van der Waals surface area contributed by atoms with Crippen molar-refractivity contribution in [2.45, 2.75) is 108 Å². The second kappa shape index (κ2) is 15.6. The number of hydrogen-bond donors (Lipinski definition) is 2. The lowest BCUT2D eigenvalue weighted by atomic mass is 9.46. The summed E-state index contributed by atoms with van der Waals surface area (Å²) in [4.78, 5) is 52.5. The Morgan fingerprint density at radius 3 is 2.39 bits per heavy atom. The standard InChI is InChI=1S/C50H66BN4O9/c1-8-46(59)26-31-27-49(44(57)62-6,40-33(15-21-53(28-31)29-46)34-23-32(13-14-37(34)51-40)54-18-10-11-19-54)36-24-35-38(25-39(36)61-5)52(4)42-48(35)17-22-55-20-12-16-47(9-2,41(48)55)43(64-30(3)56)50(42,60)45(58)63-7/h12-14,16,23-25,31,36,39,41-43,59-60H,8-11,15,17-22,26-29H2,1-7H3/t31-,36?,39?,41+,42-,43-,46+,47-,48-,49+,50+/m1/s1. The summed E-state index contributed by atoms with van der Waals surface area (Å²) in [6.45, 7) is 10.9. The van der Waals surface area contributed by atoms with Crippen LogP contribution in [0.1, 0.15) is 77.7 Å². The maximum absolute atomic E-state index is 15.6. The number of ether oxygens (including phenoxy) is 4. The third-order valence-electron chi connectivity index (χ3n) is 17.7. The van der Waals surface area contributed by atoms with E-state index in [1.54, 1.807) is 7.11 Å². The first kappa shape index (κ1) is 43.9. The highest BCUT2D eigenvalue weighted by molar-refractivity contribution is 6.67. The molecule has 64 heavy (non-hydrogen) atoms. The van der Waals surface area contributed by atoms with Crippen molar-refractivity contribution in [2.75, 3.05) is 79.1 Å². The van der Waals surface area contributed by atoms with Gasteiger partial charge in [0.2, 0.25) is 5.60 Å². The number of fused-ring (bicyclic) bond motifs is 5. The fourth-order valence-corrected chi connectivity index (χ4v) is 15.3. The molecule has 14 heteroatoms. The third-order valence-corrected chi connectivity index (χ3v) is 17.7. The molecule has 3 unspecified atom stereocenters. The molecule has 1 saturated carbocycles. The highest BCUT2D eigenvalue weighted by Crippen LogP contribution is 2.70. The Morgan fingerprint density at radius 2 is 1.70 bits per heavy atom. The number of anilines is 1. The Bertz CT molecular complexity index is 2260. The summed E-state index contributed by atoms with van der Waals surface area (Å²) in [5, 5.41) is 25.6. The van der Waals surface area contributed by atoms with Crippen LogP contribution >= 0.6 is 0 Å². The van der Waals surface area contributed by atoms with E-state index in [1.807, 2.05) is 18.9 Å². The van der Waals surface area contributed by atoms with E-state index in [9.17, 15) is 19.8 Å². The van der Waals surface area contributed by atoms with Crippen molar-refractivity contribution in [2.24, 2.45) is 28.1 Å². The molecule has 13 nitrogen and oxygen atoms in total. The van der Waals surface area contributed by atoms with Crippen LogP contribution in [-0.4, -0.2) is 160 Å². The molecule has 0 aromatic heterocycles. The third kappa shape index (κ3) is 5.89. The number of allylic oxidation sites excluding steroid dienone is 1. The molecule has 9 aliphatic rings. The fraction of sp³-hybridized carbons (Fsp3) is 0.660. The van der Waals surface area contributed by atoms with E-state index in [0.29, 0.717) is 58.2 Å². The van der Waals surface area contributed by atoms with Crippen LogP contribution in [-0.2, 0) is 33.3 Å². The number of aliphatic hydroxyl groups is 2. The number of likely N-dealkylation sites (tertiary alicyclic amines) is 1. The number of methoxy groups -OCH3 is 3. The first-order valence-electron chi connectivity index (χ1n) is 23.8. The molecule has 10 rings (SSSR count). The molecular weight excluding hydrogens is 811 g/mol. The molecule has 2 aliphatic carbocycles. The van der Waals surface area contributed by atoms with Crippen LogP contribution in [0.4, 0.5) is 5.69 Å². The summed E-state index contributed by atoms with van der Waals surface area (Å²) >= 11 is 0. The molecule has 2 bridgehead atoms. The average molecular weight is 878 g/mol. The minimum Gasteiger partial charge on any atom is -0.468 e. The first-order chi connectivity index (χ1) is 30.7. The first-order valence-corrected chi connectivity index (χ1v) is 23.8. The predicted molar refractivity (Wildman–Crippen MR) is 242 cm³/mol.